The number of nitro groups is 1. The molecule has 0 aliphatic carbocycles. The minimum absolute atomic E-state index is 0.0142. The molecule has 1 unspecified atom stereocenters. The lowest BCUT2D eigenvalue weighted by molar-refractivity contribution is -0.388. The summed E-state index contributed by atoms with van der Waals surface area (Å²) in [6.07, 6.45) is -4.06. The van der Waals surface area contributed by atoms with E-state index in [0.717, 1.165) is 6.07 Å². The fourth-order valence-corrected chi connectivity index (χ4v) is 3.20. The van der Waals surface area contributed by atoms with Crippen molar-refractivity contribution in [2.75, 3.05) is 18.0 Å². The van der Waals surface area contributed by atoms with Crippen LogP contribution in [-0.2, 0) is 11.0 Å². The van der Waals surface area contributed by atoms with Crippen molar-refractivity contribution >= 4 is 23.3 Å². The Morgan fingerprint density at radius 1 is 1.28 bits per heavy atom. The number of imide groups is 1. The topological polar surface area (TPSA) is 105 Å². The van der Waals surface area contributed by atoms with E-state index >= 15 is 0 Å². The SMILES string of the molecule is O=C1NC(=O)C2(CCCN(c3ccc([N+](=O)[O-])c(C(F)(F)F)c3)C2)N1. The third kappa shape index (κ3) is 2.96. The lowest BCUT2D eigenvalue weighted by atomic mass is 9.89. The van der Waals surface area contributed by atoms with Crippen molar-refractivity contribution in [3.8, 4) is 0 Å². The molecule has 0 saturated carbocycles. The van der Waals surface area contributed by atoms with Crippen LogP contribution in [0.2, 0.25) is 0 Å². The molecule has 2 aliphatic heterocycles. The maximum atomic E-state index is 13.1. The predicted molar refractivity (Wildman–Crippen MR) is 79.0 cm³/mol. The molecule has 0 radical (unpaired) electrons. The quantitative estimate of drug-likeness (QED) is 0.476. The van der Waals surface area contributed by atoms with E-state index in [1.54, 1.807) is 0 Å². The molecule has 2 fully saturated rings. The maximum absolute atomic E-state index is 13.1. The summed E-state index contributed by atoms with van der Waals surface area (Å²) < 4.78 is 39.4. The highest BCUT2D eigenvalue weighted by Crippen LogP contribution is 2.39. The van der Waals surface area contributed by atoms with E-state index < -0.39 is 39.8 Å². The monoisotopic (exact) mass is 358 g/mol. The van der Waals surface area contributed by atoms with Gasteiger partial charge in [0.15, 0.2) is 0 Å². The molecule has 1 aromatic rings. The van der Waals surface area contributed by atoms with E-state index in [4.69, 9.17) is 0 Å². The molecule has 3 rings (SSSR count). The molecule has 1 aromatic carbocycles. The third-order valence-electron chi connectivity index (χ3n) is 4.35. The Morgan fingerprint density at radius 2 is 2.00 bits per heavy atom. The molecular weight excluding hydrogens is 345 g/mol. The minimum Gasteiger partial charge on any atom is -0.369 e. The van der Waals surface area contributed by atoms with Crippen molar-refractivity contribution in [1.29, 1.82) is 0 Å². The standard InChI is InChI=1S/C14H13F3N4O4/c15-14(16,17)9-6-8(2-3-10(9)21(24)25)20-5-1-4-13(7-20)11(22)18-12(23)19-13/h2-3,6H,1,4-5,7H2,(H2,18,19,22,23). The highest BCUT2D eigenvalue weighted by Gasteiger charge is 2.49. The zero-order chi connectivity index (χ0) is 18.4. The van der Waals surface area contributed by atoms with E-state index in [-0.39, 0.29) is 12.2 Å². The number of carbonyl (C=O) groups is 2. The number of hydrogen-bond donors (Lipinski definition) is 2. The molecule has 11 heteroatoms. The minimum atomic E-state index is -4.88. The van der Waals surface area contributed by atoms with E-state index in [0.29, 0.717) is 25.5 Å². The molecule has 2 N–H and O–H groups in total. The first-order valence-corrected chi connectivity index (χ1v) is 7.37. The summed E-state index contributed by atoms with van der Waals surface area (Å²) in [5.74, 6) is -0.528. The predicted octanol–water partition coefficient (Wildman–Crippen LogP) is 1.79. The maximum Gasteiger partial charge on any atom is 0.423 e. The molecular formula is C14H13F3N4O4. The Labute approximate surface area is 139 Å². The summed E-state index contributed by atoms with van der Waals surface area (Å²) >= 11 is 0. The lowest BCUT2D eigenvalue weighted by Crippen LogP contribution is -2.58. The van der Waals surface area contributed by atoms with Gasteiger partial charge in [-0.3, -0.25) is 20.2 Å². The van der Waals surface area contributed by atoms with Crippen molar-refractivity contribution in [3.05, 3.63) is 33.9 Å². The van der Waals surface area contributed by atoms with Gasteiger partial charge in [0.05, 0.1) is 11.5 Å². The van der Waals surface area contributed by atoms with Gasteiger partial charge in [0.1, 0.15) is 11.1 Å². The molecule has 2 saturated heterocycles. The lowest BCUT2D eigenvalue weighted by Gasteiger charge is -2.39. The van der Waals surface area contributed by atoms with Crippen molar-refractivity contribution in [2.24, 2.45) is 0 Å². The number of anilines is 1. The van der Waals surface area contributed by atoms with Crippen molar-refractivity contribution in [1.82, 2.24) is 10.6 Å². The van der Waals surface area contributed by atoms with Crippen LogP contribution < -0.4 is 15.5 Å². The van der Waals surface area contributed by atoms with Crippen LogP contribution in [0.25, 0.3) is 0 Å². The van der Waals surface area contributed by atoms with E-state index in [9.17, 15) is 32.9 Å². The highest BCUT2D eigenvalue weighted by molar-refractivity contribution is 6.07. The Hall–Kier alpha value is -2.85. The van der Waals surface area contributed by atoms with Gasteiger partial charge < -0.3 is 10.2 Å². The molecule has 2 aliphatic rings. The first kappa shape index (κ1) is 17.0. The normalized spacial score (nSPS) is 23.6. The number of urea groups is 1. The summed E-state index contributed by atoms with van der Waals surface area (Å²) in [7, 11) is 0. The number of amides is 3. The van der Waals surface area contributed by atoms with E-state index in [2.05, 4.69) is 10.6 Å². The summed E-state index contributed by atoms with van der Waals surface area (Å²) in [6.45, 7) is 0.347. The van der Waals surface area contributed by atoms with Crippen LogP contribution in [0.15, 0.2) is 18.2 Å². The van der Waals surface area contributed by atoms with Gasteiger partial charge >= 0.3 is 12.2 Å². The summed E-state index contributed by atoms with van der Waals surface area (Å²) in [6, 6.07) is 2.06. The summed E-state index contributed by atoms with van der Waals surface area (Å²) in [4.78, 5) is 34.7. The zero-order valence-corrected chi connectivity index (χ0v) is 12.7. The fraction of sp³-hybridized carbons (Fsp3) is 0.429. The summed E-state index contributed by atoms with van der Waals surface area (Å²) in [5.41, 5.74) is -3.48. The number of piperidine rings is 1. The van der Waals surface area contributed by atoms with Crippen LogP contribution in [0, 0.1) is 10.1 Å². The second-order valence-corrected chi connectivity index (χ2v) is 5.97. The molecule has 134 valence electrons. The number of hydrogen-bond acceptors (Lipinski definition) is 5. The van der Waals surface area contributed by atoms with Gasteiger partial charge in [-0.1, -0.05) is 0 Å². The van der Waals surface area contributed by atoms with Gasteiger partial charge in [-0.05, 0) is 25.0 Å². The second kappa shape index (κ2) is 5.60. The third-order valence-corrected chi connectivity index (χ3v) is 4.35. The average Bonchev–Trinajstić information content (AvgIpc) is 2.79. The van der Waals surface area contributed by atoms with Crippen LogP contribution in [0.5, 0.6) is 0 Å². The molecule has 25 heavy (non-hydrogen) atoms. The molecule has 2 heterocycles. The molecule has 8 nitrogen and oxygen atoms in total. The Morgan fingerprint density at radius 3 is 2.56 bits per heavy atom. The highest BCUT2D eigenvalue weighted by atomic mass is 19.4. The molecule has 1 spiro atoms. The molecule has 0 aromatic heterocycles. The van der Waals surface area contributed by atoms with Gasteiger partial charge in [-0.2, -0.15) is 13.2 Å². The average molecular weight is 358 g/mol. The molecule has 3 amide bonds. The smallest absolute Gasteiger partial charge is 0.369 e. The van der Waals surface area contributed by atoms with Gasteiger partial charge in [0.25, 0.3) is 11.6 Å². The van der Waals surface area contributed by atoms with Gasteiger partial charge in [-0.25, -0.2) is 4.79 Å². The first-order chi connectivity index (χ1) is 11.6. The fourth-order valence-electron chi connectivity index (χ4n) is 3.20. The zero-order valence-electron chi connectivity index (χ0n) is 12.7. The number of carbonyl (C=O) groups excluding carboxylic acids is 2. The summed E-state index contributed by atoms with van der Waals surface area (Å²) in [5, 5.41) is 15.5. The van der Waals surface area contributed by atoms with Crippen molar-refractivity contribution in [3.63, 3.8) is 0 Å². The van der Waals surface area contributed by atoms with Crippen molar-refractivity contribution in [2.45, 2.75) is 24.6 Å². The second-order valence-electron chi connectivity index (χ2n) is 5.97. The van der Waals surface area contributed by atoms with Crippen LogP contribution in [-0.4, -0.2) is 35.5 Å². The van der Waals surface area contributed by atoms with E-state index in [1.807, 2.05) is 0 Å². The number of benzene rings is 1. The number of nitro benzene ring substituents is 1. The Kier molecular flexibility index (Phi) is 3.81. The molecule has 0 bridgehead atoms. The van der Waals surface area contributed by atoms with Crippen molar-refractivity contribution < 1.29 is 27.7 Å². The van der Waals surface area contributed by atoms with E-state index in [1.165, 1.54) is 11.0 Å². The van der Waals surface area contributed by atoms with Crippen LogP contribution in [0.3, 0.4) is 0 Å². The van der Waals surface area contributed by atoms with Gasteiger partial charge in [-0.15, -0.1) is 0 Å². The van der Waals surface area contributed by atoms with Gasteiger partial charge in [0, 0.05) is 18.3 Å². The van der Waals surface area contributed by atoms with Gasteiger partial charge in [0.2, 0.25) is 0 Å². The van der Waals surface area contributed by atoms with Crippen LogP contribution >= 0.6 is 0 Å². The number of nitrogens with one attached hydrogen (secondary N) is 2. The molecule has 1 atom stereocenters. The number of alkyl halides is 3. The number of halogens is 3. The first-order valence-electron chi connectivity index (χ1n) is 7.37. The largest absolute Gasteiger partial charge is 0.423 e. The Bertz CT molecular complexity index is 767. The van der Waals surface area contributed by atoms with Crippen LogP contribution in [0.4, 0.5) is 29.3 Å². The number of rotatable bonds is 2. The Balaban J connectivity index is 1.95. The number of nitrogens with zero attached hydrogens (tertiary/aromatic N) is 2. The van der Waals surface area contributed by atoms with Crippen LogP contribution in [0.1, 0.15) is 18.4 Å².